The molecule has 0 saturated heterocycles. The Kier molecular flexibility index (Phi) is 4.33. The van der Waals surface area contributed by atoms with E-state index >= 15 is 0 Å². The lowest BCUT2D eigenvalue weighted by Crippen LogP contribution is -2.26. The van der Waals surface area contributed by atoms with Gasteiger partial charge >= 0.3 is 0 Å². The van der Waals surface area contributed by atoms with E-state index in [-0.39, 0.29) is 11.6 Å². The summed E-state index contributed by atoms with van der Waals surface area (Å²) < 4.78 is 0. The van der Waals surface area contributed by atoms with Crippen molar-refractivity contribution in [3.05, 3.63) is 75.3 Å². The van der Waals surface area contributed by atoms with E-state index in [4.69, 9.17) is 0 Å². The van der Waals surface area contributed by atoms with Crippen molar-refractivity contribution in [2.75, 3.05) is 7.05 Å². The fraction of sp³-hybridized carbons (Fsp3) is 0.188. The van der Waals surface area contributed by atoms with Gasteiger partial charge in [0.25, 0.3) is 11.6 Å². The molecule has 0 aliphatic heterocycles. The standard InChI is InChI=1S/C16H16N2O3/c1-12-6-8-13(9-7-12)11-17(2)16(19)14-4-3-5-15(10-14)18(20)21/h3-10H,11H2,1-2H3. The summed E-state index contributed by atoms with van der Waals surface area (Å²) in [6.07, 6.45) is 0. The van der Waals surface area contributed by atoms with Crippen molar-refractivity contribution in [1.29, 1.82) is 0 Å². The molecular weight excluding hydrogens is 268 g/mol. The summed E-state index contributed by atoms with van der Waals surface area (Å²) in [7, 11) is 1.68. The monoisotopic (exact) mass is 284 g/mol. The highest BCUT2D eigenvalue weighted by molar-refractivity contribution is 5.94. The van der Waals surface area contributed by atoms with E-state index in [2.05, 4.69) is 0 Å². The topological polar surface area (TPSA) is 63.5 Å². The maximum Gasteiger partial charge on any atom is 0.270 e. The fourth-order valence-corrected chi connectivity index (χ4v) is 2.01. The molecule has 0 spiro atoms. The van der Waals surface area contributed by atoms with Crippen LogP contribution in [0.15, 0.2) is 48.5 Å². The van der Waals surface area contributed by atoms with Crippen molar-refractivity contribution in [3.63, 3.8) is 0 Å². The van der Waals surface area contributed by atoms with Crippen molar-refractivity contribution >= 4 is 11.6 Å². The molecule has 108 valence electrons. The van der Waals surface area contributed by atoms with E-state index in [9.17, 15) is 14.9 Å². The third-order valence-corrected chi connectivity index (χ3v) is 3.19. The van der Waals surface area contributed by atoms with Gasteiger partial charge in [-0.05, 0) is 18.6 Å². The minimum Gasteiger partial charge on any atom is -0.337 e. The zero-order valence-electron chi connectivity index (χ0n) is 11.9. The summed E-state index contributed by atoms with van der Waals surface area (Å²) in [5, 5.41) is 10.7. The molecule has 0 atom stereocenters. The van der Waals surface area contributed by atoms with E-state index in [1.165, 1.54) is 18.2 Å². The summed E-state index contributed by atoms with van der Waals surface area (Å²) in [6.45, 7) is 2.46. The van der Waals surface area contributed by atoms with Gasteiger partial charge in [0.1, 0.15) is 0 Å². The Morgan fingerprint density at radius 1 is 1.19 bits per heavy atom. The van der Waals surface area contributed by atoms with Gasteiger partial charge in [-0.2, -0.15) is 0 Å². The van der Waals surface area contributed by atoms with Gasteiger partial charge in [0.05, 0.1) is 4.92 Å². The van der Waals surface area contributed by atoms with Crippen molar-refractivity contribution in [2.24, 2.45) is 0 Å². The third-order valence-electron chi connectivity index (χ3n) is 3.19. The number of amides is 1. The van der Waals surface area contributed by atoms with E-state index < -0.39 is 4.92 Å². The first-order valence-corrected chi connectivity index (χ1v) is 6.53. The molecule has 0 saturated carbocycles. The second-order valence-corrected chi connectivity index (χ2v) is 4.95. The number of carbonyl (C=O) groups excluding carboxylic acids is 1. The Morgan fingerprint density at radius 2 is 1.86 bits per heavy atom. The lowest BCUT2D eigenvalue weighted by atomic mass is 10.1. The lowest BCUT2D eigenvalue weighted by Gasteiger charge is -2.17. The molecule has 0 fully saturated rings. The van der Waals surface area contributed by atoms with Gasteiger partial charge in [0, 0.05) is 31.3 Å². The number of carbonyl (C=O) groups is 1. The van der Waals surface area contributed by atoms with Crippen LogP contribution in [-0.2, 0) is 6.54 Å². The third kappa shape index (κ3) is 3.66. The fourth-order valence-electron chi connectivity index (χ4n) is 2.01. The normalized spacial score (nSPS) is 10.2. The first-order valence-electron chi connectivity index (χ1n) is 6.53. The second-order valence-electron chi connectivity index (χ2n) is 4.95. The molecule has 5 nitrogen and oxygen atoms in total. The molecular formula is C16H16N2O3. The Balaban J connectivity index is 2.13. The summed E-state index contributed by atoms with van der Waals surface area (Å²) in [4.78, 5) is 24.1. The predicted molar refractivity (Wildman–Crippen MR) is 80.1 cm³/mol. The van der Waals surface area contributed by atoms with Crippen LogP contribution in [0.1, 0.15) is 21.5 Å². The van der Waals surface area contributed by atoms with Gasteiger partial charge in [0.2, 0.25) is 0 Å². The maximum atomic E-state index is 12.3. The molecule has 0 bridgehead atoms. The van der Waals surface area contributed by atoms with E-state index in [0.717, 1.165) is 11.1 Å². The van der Waals surface area contributed by atoms with Crippen molar-refractivity contribution in [2.45, 2.75) is 13.5 Å². The molecule has 0 unspecified atom stereocenters. The van der Waals surface area contributed by atoms with Gasteiger partial charge in [0.15, 0.2) is 0 Å². The minimum atomic E-state index is -0.503. The van der Waals surface area contributed by atoms with Crippen LogP contribution in [0, 0.1) is 17.0 Å². The summed E-state index contributed by atoms with van der Waals surface area (Å²) >= 11 is 0. The number of nitro benzene ring substituents is 1. The van der Waals surface area contributed by atoms with Crippen LogP contribution >= 0.6 is 0 Å². The average molecular weight is 284 g/mol. The molecule has 2 aromatic carbocycles. The predicted octanol–water partition coefficient (Wildman–Crippen LogP) is 3.18. The number of nitrogens with zero attached hydrogens (tertiary/aromatic N) is 2. The molecule has 0 heterocycles. The molecule has 2 aromatic rings. The van der Waals surface area contributed by atoms with Crippen molar-refractivity contribution in [3.8, 4) is 0 Å². The SMILES string of the molecule is Cc1ccc(CN(C)C(=O)c2cccc([N+](=O)[O-])c2)cc1. The van der Waals surface area contributed by atoms with Crippen LogP contribution in [0.5, 0.6) is 0 Å². The number of rotatable bonds is 4. The molecule has 1 amide bonds. The first-order chi connectivity index (χ1) is 9.97. The van der Waals surface area contributed by atoms with Gasteiger partial charge in [-0.1, -0.05) is 35.9 Å². The molecule has 0 radical (unpaired) electrons. The molecule has 0 aliphatic carbocycles. The van der Waals surface area contributed by atoms with Gasteiger partial charge in [-0.15, -0.1) is 0 Å². The van der Waals surface area contributed by atoms with Crippen LogP contribution < -0.4 is 0 Å². The number of aryl methyl sites for hydroxylation is 1. The Morgan fingerprint density at radius 3 is 2.48 bits per heavy atom. The number of benzene rings is 2. The van der Waals surface area contributed by atoms with E-state index in [1.807, 2.05) is 31.2 Å². The Labute approximate surface area is 123 Å². The molecule has 0 N–H and O–H groups in total. The van der Waals surface area contributed by atoms with Crippen molar-refractivity contribution in [1.82, 2.24) is 4.90 Å². The number of non-ortho nitro benzene ring substituents is 1. The zero-order valence-corrected chi connectivity index (χ0v) is 11.9. The minimum absolute atomic E-state index is 0.0791. The first kappa shape index (κ1) is 14.7. The molecule has 0 aromatic heterocycles. The number of hydrogen-bond acceptors (Lipinski definition) is 3. The van der Waals surface area contributed by atoms with E-state index in [0.29, 0.717) is 12.1 Å². The van der Waals surface area contributed by atoms with Crippen LogP contribution in [-0.4, -0.2) is 22.8 Å². The largest absolute Gasteiger partial charge is 0.337 e. The van der Waals surface area contributed by atoms with Crippen molar-refractivity contribution < 1.29 is 9.72 Å². The molecule has 21 heavy (non-hydrogen) atoms. The molecule has 2 rings (SSSR count). The second kappa shape index (κ2) is 6.17. The zero-order chi connectivity index (χ0) is 15.4. The number of nitro groups is 1. The van der Waals surface area contributed by atoms with Gasteiger partial charge < -0.3 is 4.90 Å². The van der Waals surface area contributed by atoms with Crippen LogP contribution in [0.4, 0.5) is 5.69 Å². The Bertz CT molecular complexity index is 665. The van der Waals surface area contributed by atoms with E-state index in [1.54, 1.807) is 18.0 Å². The quantitative estimate of drug-likeness (QED) is 0.640. The maximum absolute atomic E-state index is 12.3. The van der Waals surface area contributed by atoms with Gasteiger partial charge in [-0.25, -0.2) is 0 Å². The van der Waals surface area contributed by atoms with Gasteiger partial charge in [-0.3, -0.25) is 14.9 Å². The Hall–Kier alpha value is -2.69. The van der Waals surface area contributed by atoms with Crippen LogP contribution in [0.2, 0.25) is 0 Å². The smallest absolute Gasteiger partial charge is 0.270 e. The summed E-state index contributed by atoms with van der Waals surface area (Å²) in [5.74, 6) is -0.237. The number of hydrogen-bond donors (Lipinski definition) is 0. The molecule has 0 aliphatic rings. The lowest BCUT2D eigenvalue weighted by molar-refractivity contribution is -0.384. The summed E-state index contributed by atoms with van der Waals surface area (Å²) in [6, 6.07) is 13.7. The highest BCUT2D eigenvalue weighted by atomic mass is 16.6. The average Bonchev–Trinajstić information content (AvgIpc) is 2.49. The summed E-state index contributed by atoms with van der Waals surface area (Å²) in [5.41, 5.74) is 2.41. The highest BCUT2D eigenvalue weighted by Crippen LogP contribution is 2.15. The van der Waals surface area contributed by atoms with Crippen LogP contribution in [0.3, 0.4) is 0 Å². The highest BCUT2D eigenvalue weighted by Gasteiger charge is 2.15. The molecule has 5 heteroatoms. The van der Waals surface area contributed by atoms with Crippen LogP contribution in [0.25, 0.3) is 0 Å².